The topological polar surface area (TPSA) is 67.3 Å². The number of aromatic nitrogens is 2. The SMILES string of the molecule is C[C@H](Oc1ccc(F)cc1)C(=O)N1CCc2nc([C@@H]3CCCNC3)ncc2C1. The molecule has 1 saturated heterocycles. The van der Waals surface area contributed by atoms with Crippen molar-refractivity contribution in [3.8, 4) is 5.75 Å². The summed E-state index contributed by atoms with van der Waals surface area (Å²) in [6.45, 7) is 4.83. The van der Waals surface area contributed by atoms with Crippen molar-refractivity contribution >= 4 is 5.91 Å². The molecule has 6 nitrogen and oxygen atoms in total. The van der Waals surface area contributed by atoms with E-state index in [0.717, 1.165) is 49.4 Å². The Bertz CT molecular complexity index is 837. The van der Waals surface area contributed by atoms with Crippen LogP contribution in [0.25, 0.3) is 0 Å². The van der Waals surface area contributed by atoms with E-state index in [2.05, 4.69) is 10.3 Å². The van der Waals surface area contributed by atoms with Gasteiger partial charge >= 0.3 is 0 Å². The Labute approximate surface area is 164 Å². The zero-order chi connectivity index (χ0) is 19.5. The minimum atomic E-state index is -0.638. The van der Waals surface area contributed by atoms with E-state index >= 15 is 0 Å². The molecule has 2 atom stereocenters. The molecule has 0 unspecified atom stereocenters. The summed E-state index contributed by atoms with van der Waals surface area (Å²) in [6.07, 6.45) is 4.23. The number of hydrogen-bond acceptors (Lipinski definition) is 5. The van der Waals surface area contributed by atoms with Crippen molar-refractivity contribution in [2.45, 2.75) is 44.8 Å². The Hall–Kier alpha value is -2.54. The van der Waals surface area contributed by atoms with E-state index < -0.39 is 6.10 Å². The van der Waals surface area contributed by atoms with E-state index in [-0.39, 0.29) is 11.7 Å². The van der Waals surface area contributed by atoms with Gasteiger partial charge in [0.1, 0.15) is 17.4 Å². The predicted octanol–water partition coefficient (Wildman–Crippen LogP) is 2.43. The molecule has 7 heteroatoms. The van der Waals surface area contributed by atoms with Crippen molar-refractivity contribution in [2.75, 3.05) is 19.6 Å². The first-order valence-corrected chi connectivity index (χ1v) is 9.86. The molecule has 2 aliphatic heterocycles. The van der Waals surface area contributed by atoms with Crippen LogP contribution in [0.2, 0.25) is 0 Å². The lowest BCUT2D eigenvalue weighted by Crippen LogP contribution is -2.43. The highest BCUT2D eigenvalue weighted by atomic mass is 19.1. The highest BCUT2D eigenvalue weighted by molar-refractivity contribution is 5.81. The third kappa shape index (κ3) is 4.14. The molecule has 1 N–H and O–H groups in total. The third-order valence-electron chi connectivity index (χ3n) is 5.40. The molecule has 2 aromatic rings. The van der Waals surface area contributed by atoms with Gasteiger partial charge in [0.25, 0.3) is 5.91 Å². The number of nitrogens with one attached hydrogen (secondary N) is 1. The molecule has 0 aliphatic carbocycles. The van der Waals surface area contributed by atoms with Crippen molar-refractivity contribution in [1.82, 2.24) is 20.2 Å². The maximum Gasteiger partial charge on any atom is 0.263 e. The maximum atomic E-state index is 13.0. The van der Waals surface area contributed by atoms with Gasteiger partial charge in [-0.05, 0) is 50.6 Å². The number of nitrogens with zero attached hydrogens (tertiary/aromatic N) is 3. The largest absolute Gasteiger partial charge is 0.481 e. The van der Waals surface area contributed by atoms with Crippen molar-refractivity contribution in [3.05, 3.63) is 53.4 Å². The third-order valence-corrected chi connectivity index (χ3v) is 5.40. The number of amides is 1. The molecule has 0 spiro atoms. The first kappa shape index (κ1) is 18.8. The smallest absolute Gasteiger partial charge is 0.263 e. The van der Waals surface area contributed by atoms with Gasteiger partial charge in [0.15, 0.2) is 6.10 Å². The summed E-state index contributed by atoms with van der Waals surface area (Å²) in [7, 11) is 0. The second-order valence-corrected chi connectivity index (χ2v) is 7.47. The number of halogens is 1. The molecule has 1 fully saturated rings. The van der Waals surface area contributed by atoms with Crippen LogP contribution in [0.15, 0.2) is 30.5 Å². The molecule has 3 heterocycles. The molecule has 0 radical (unpaired) electrons. The highest BCUT2D eigenvalue weighted by Gasteiger charge is 2.28. The summed E-state index contributed by atoms with van der Waals surface area (Å²) in [4.78, 5) is 23.9. The number of rotatable bonds is 4. The standard InChI is InChI=1S/C21H25FN4O2/c1-14(28-18-6-4-17(22)5-7-18)21(27)26-10-8-19-16(13-26)12-24-20(25-19)15-3-2-9-23-11-15/h4-7,12,14-15,23H,2-3,8-11,13H2,1H3/t14-,15+/m0/s1. The first-order valence-electron chi connectivity index (χ1n) is 9.86. The Morgan fingerprint density at radius 2 is 2.18 bits per heavy atom. The zero-order valence-electron chi connectivity index (χ0n) is 16.0. The Balaban J connectivity index is 1.40. The second kappa shape index (κ2) is 8.22. The normalized spacial score (nSPS) is 20.4. The van der Waals surface area contributed by atoms with Crippen molar-refractivity contribution in [1.29, 1.82) is 0 Å². The fourth-order valence-electron chi connectivity index (χ4n) is 3.81. The molecule has 0 bridgehead atoms. The molecule has 1 aromatic heterocycles. The summed E-state index contributed by atoms with van der Waals surface area (Å²) in [5.41, 5.74) is 2.05. The summed E-state index contributed by atoms with van der Waals surface area (Å²) in [6, 6.07) is 5.70. The average Bonchev–Trinajstić information content (AvgIpc) is 2.74. The van der Waals surface area contributed by atoms with Gasteiger partial charge in [0.2, 0.25) is 0 Å². The lowest BCUT2D eigenvalue weighted by atomic mass is 9.98. The summed E-state index contributed by atoms with van der Waals surface area (Å²) >= 11 is 0. The summed E-state index contributed by atoms with van der Waals surface area (Å²) in [5, 5.41) is 3.40. The molecule has 2 aliphatic rings. The molecule has 1 aromatic carbocycles. The number of carbonyl (C=O) groups is 1. The molecule has 4 rings (SSSR count). The number of piperidine rings is 1. The zero-order valence-corrected chi connectivity index (χ0v) is 16.0. The Kier molecular flexibility index (Phi) is 5.52. The monoisotopic (exact) mass is 384 g/mol. The minimum absolute atomic E-state index is 0.0875. The molecule has 148 valence electrons. The van der Waals surface area contributed by atoms with E-state index in [0.29, 0.717) is 24.8 Å². The quantitative estimate of drug-likeness (QED) is 0.877. The van der Waals surface area contributed by atoms with Crippen LogP contribution in [0.5, 0.6) is 5.75 Å². The maximum absolute atomic E-state index is 13.0. The fraction of sp³-hybridized carbons (Fsp3) is 0.476. The minimum Gasteiger partial charge on any atom is -0.481 e. The summed E-state index contributed by atoms with van der Waals surface area (Å²) < 4.78 is 18.7. The Morgan fingerprint density at radius 3 is 2.93 bits per heavy atom. The van der Waals surface area contributed by atoms with E-state index in [1.165, 1.54) is 24.3 Å². The van der Waals surface area contributed by atoms with Gasteiger partial charge in [-0.25, -0.2) is 14.4 Å². The van der Waals surface area contributed by atoms with Crippen LogP contribution in [0.1, 0.15) is 42.8 Å². The van der Waals surface area contributed by atoms with Crippen molar-refractivity contribution in [2.24, 2.45) is 0 Å². The van der Waals surface area contributed by atoms with Crippen LogP contribution in [0.3, 0.4) is 0 Å². The van der Waals surface area contributed by atoms with Crippen LogP contribution < -0.4 is 10.1 Å². The lowest BCUT2D eigenvalue weighted by Gasteiger charge is -2.31. The van der Waals surface area contributed by atoms with E-state index in [1.54, 1.807) is 11.8 Å². The molecule has 1 amide bonds. The highest BCUT2D eigenvalue weighted by Crippen LogP contribution is 2.24. The van der Waals surface area contributed by atoms with Gasteiger partial charge in [-0.1, -0.05) is 0 Å². The molecular weight excluding hydrogens is 359 g/mol. The van der Waals surface area contributed by atoms with Gasteiger partial charge in [-0.15, -0.1) is 0 Å². The van der Waals surface area contributed by atoms with E-state index in [9.17, 15) is 9.18 Å². The lowest BCUT2D eigenvalue weighted by molar-refractivity contribution is -0.138. The molecule has 0 saturated carbocycles. The Morgan fingerprint density at radius 1 is 1.36 bits per heavy atom. The number of benzene rings is 1. The first-order chi connectivity index (χ1) is 13.6. The average molecular weight is 384 g/mol. The number of carbonyl (C=O) groups excluding carboxylic acids is 1. The van der Waals surface area contributed by atoms with Crippen LogP contribution in [0.4, 0.5) is 4.39 Å². The van der Waals surface area contributed by atoms with Gasteiger partial charge in [0, 0.05) is 43.7 Å². The van der Waals surface area contributed by atoms with Gasteiger partial charge in [-0.3, -0.25) is 4.79 Å². The van der Waals surface area contributed by atoms with Crippen LogP contribution in [0, 0.1) is 5.82 Å². The summed E-state index contributed by atoms with van der Waals surface area (Å²) in [5.74, 6) is 1.35. The predicted molar refractivity (Wildman–Crippen MR) is 102 cm³/mol. The molecular formula is C21H25FN4O2. The number of fused-ring (bicyclic) bond motifs is 1. The van der Waals surface area contributed by atoms with Gasteiger partial charge < -0.3 is 15.0 Å². The van der Waals surface area contributed by atoms with Crippen LogP contribution >= 0.6 is 0 Å². The van der Waals surface area contributed by atoms with E-state index in [4.69, 9.17) is 9.72 Å². The number of ether oxygens (including phenoxy) is 1. The number of hydrogen-bond donors (Lipinski definition) is 1. The van der Waals surface area contributed by atoms with Crippen LogP contribution in [-0.4, -0.2) is 46.5 Å². The second-order valence-electron chi connectivity index (χ2n) is 7.47. The van der Waals surface area contributed by atoms with Crippen molar-refractivity contribution in [3.63, 3.8) is 0 Å². The van der Waals surface area contributed by atoms with E-state index in [1.807, 2.05) is 6.20 Å². The van der Waals surface area contributed by atoms with Gasteiger partial charge in [-0.2, -0.15) is 0 Å². The molecule has 28 heavy (non-hydrogen) atoms. The van der Waals surface area contributed by atoms with Gasteiger partial charge in [0.05, 0.1) is 5.69 Å². The fourth-order valence-corrected chi connectivity index (χ4v) is 3.81. The van der Waals surface area contributed by atoms with Crippen LogP contribution in [-0.2, 0) is 17.8 Å². The van der Waals surface area contributed by atoms with Crippen molar-refractivity contribution < 1.29 is 13.9 Å².